The molecule has 3 aromatic carbocycles. The average molecular weight is 467 g/mol. The van der Waals surface area contributed by atoms with Gasteiger partial charge in [-0.15, -0.1) is 0 Å². The maximum Gasteiger partial charge on any atom is 0.261 e. The third-order valence-electron chi connectivity index (χ3n) is 5.15. The van der Waals surface area contributed by atoms with Crippen molar-refractivity contribution >= 4 is 21.6 Å². The van der Waals surface area contributed by atoms with Crippen LogP contribution in [0.15, 0.2) is 71.6 Å². The van der Waals surface area contributed by atoms with Gasteiger partial charge in [0.25, 0.3) is 15.9 Å². The number of nitrogens with one attached hydrogen (secondary N) is 2. The molecular formula is C26H30N2O4S. The van der Waals surface area contributed by atoms with Crippen molar-refractivity contribution in [3.8, 4) is 5.75 Å². The number of hydrogen-bond acceptors (Lipinski definition) is 4. The summed E-state index contributed by atoms with van der Waals surface area (Å²) in [7, 11) is -3.83. The number of anilines is 1. The van der Waals surface area contributed by atoms with Crippen LogP contribution in [-0.2, 0) is 16.4 Å². The number of aryl methyl sites for hydroxylation is 2. The molecule has 0 saturated carbocycles. The highest BCUT2D eigenvalue weighted by atomic mass is 32.2. The zero-order valence-corrected chi connectivity index (χ0v) is 20.2. The lowest BCUT2D eigenvalue weighted by Gasteiger charge is -2.13. The van der Waals surface area contributed by atoms with E-state index in [9.17, 15) is 13.2 Å². The fourth-order valence-electron chi connectivity index (χ4n) is 3.33. The van der Waals surface area contributed by atoms with E-state index >= 15 is 0 Å². The van der Waals surface area contributed by atoms with Gasteiger partial charge < -0.3 is 10.1 Å². The molecule has 0 bridgehead atoms. The van der Waals surface area contributed by atoms with Gasteiger partial charge in [0.05, 0.1) is 16.7 Å². The summed E-state index contributed by atoms with van der Waals surface area (Å²) in [5.41, 5.74) is 3.44. The Labute approximate surface area is 196 Å². The van der Waals surface area contributed by atoms with Gasteiger partial charge >= 0.3 is 0 Å². The minimum atomic E-state index is -3.83. The summed E-state index contributed by atoms with van der Waals surface area (Å²) in [6.45, 7) is 8.00. The smallest absolute Gasteiger partial charge is 0.261 e. The summed E-state index contributed by atoms with van der Waals surface area (Å²) in [6, 6.07) is 19.5. The Morgan fingerprint density at radius 3 is 2.30 bits per heavy atom. The highest BCUT2D eigenvalue weighted by Gasteiger charge is 2.19. The molecule has 0 aliphatic heterocycles. The predicted molar refractivity (Wildman–Crippen MR) is 131 cm³/mol. The third-order valence-corrected chi connectivity index (χ3v) is 6.51. The molecule has 1 amide bonds. The van der Waals surface area contributed by atoms with E-state index in [1.807, 2.05) is 57.2 Å². The molecule has 0 saturated heterocycles. The summed E-state index contributed by atoms with van der Waals surface area (Å²) in [5.74, 6) is 0.506. The Balaban J connectivity index is 1.66. The van der Waals surface area contributed by atoms with E-state index in [1.54, 1.807) is 25.1 Å². The number of ether oxygens (including phenoxy) is 1. The number of benzene rings is 3. The third kappa shape index (κ3) is 6.58. The molecule has 0 aliphatic rings. The normalized spacial score (nSPS) is 11.3. The molecule has 33 heavy (non-hydrogen) atoms. The molecule has 174 valence electrons. The van der Waals surface area contributed by atoms with Gasteiger partial charge in [-0.2, -0.15) is 0 Å². The van der Waals surface area contributed by atoms with Crippen LogP contribution in [0.4, 0.5) is 5.69 Å². The van der Waals surface area contributed by atoms with Crippen LogP contribution < -0.4 is 14.8 Å². The van der Waals surface area contributed by atoms with E-state index in [-0.39, 0.29) is 16.9 Å². The number of rotatable bonds is 9. The van der Waals surface area contributed by atoms with Gasteiger partial charge in [-0.3, -0.25) is 9.52 Å². The van der Waals surface area contributed by atoms with Gasteiger partial charge in [0.2, 0.25) is 0 Å². The van der Waals surface area contributed by atoms with E-state index < -0.39 is 10.0 Å². The topological polar surface area (TPSA) is 84.5 Å². The molecule has 0 spiro atoms. The van der Waals surface area contributed by atoms with E-state index in [0.29, 0.717) is 29.8 Å². The number of sulfonamides is 1. The molecule has 0 aromatic heterocycles. The van der Waals surface area contributed by atoms with E-state index in [1.165, 1.54) is 12.1 Å². The molecule has 6 nitrogen and oxygen atoms in total. The Bertz CT molecular complexity index is 1220. The largest absolute Gasteiger partial charge is 0.491 e. The molecule has 7 heteroatoms. The standard InChI is InChI=1S/C26H30N2O4S/c1-18(2)32-22-12-10-21(11-13-22)15-16-27-26(29)24-17-23(14-9-19(24)3)33(30,31)28-25-8-6-5-7-20(25)4/h5-14,17-18,28H,15-16H2,1-4H3,(H,27,29). The summed E-state index contributed by atoms with van der Waals surface area (Å²) >= 11 is 0. The van der Waals surface area contributed by atoms with Crippen molar-refractivity contribution < 1.29 is 17.9 Å². The Kier molecular flexibility index (Phi) is 7.76. The first kappa shape index (κ1) is 24.3. The lowest BCUT2D eigenvalue weighted by Crippen LogP contribution is -2.27. The van der Waals surface area contributed by atoms with E-state index in [4.69, 9.17) is 4.74 Å². The van der Waals surface area contributed by atoms with Gasteiger partial charge in [-0.1, -0.05) is 36.4 Å². The van der Waals surface area contributed by atoms with Crippen LogP contribution in [0, 0.1) is 13.8 Å². The highest BCUT2D eigenvalue weighted by Crippen LogP contribution is 2.21. The molecule has 0 heterocycles. The first-order chi connectivity index (χ1) is 15.7. The quantitative estimate of drug-likeness (QED) is 0.471. The van der Waals surface area contributed by atoms with Gasteiger partial charge in [-0.05, 0) is 81.1 Å². The highest BCUT2D eigenvalue weighted by molar-refractivity contribution is 7.92. The van der Waals surface area contributed by atoms with Crippen molar-refractivity contribution in [2.45, 2.75) is 45.1 Å². The monoisotopic (exact) mass is 466 g/mol. The lowest BCUT2D eigenvalue weighted by molar-refractivity contribution is 0.0953. The van der Waals surface area contributed by atoms with Crippen LogP contribution in [-0.4, -0.2) is 27.0 Å². The fourth-order valence-corrected chi connectivity index (χ4v) is 4.48. The van der Waals surface area contributed by atoms with Crippen LogP contribution in [0.2, 0.25) is 0 Å². The van der Waals surface area contributed by atoms with Crippen LogP contribution in [0.3, 0.4) is 0 Å². The minimum absolute atomic E-state index is 0.0437. The molecule has 0 atom stereocenters. The van der Waals surface area contributed by atoms with Crippen LogP contribution in [0.1, 0.15) is 40.9 Å². The molecule has 0 aliphatic carbocycles. The number of carbonyl (C=O) groups excluding carboxylic acids is 1. The summed E-state index contributed by atoms with van der Waals surface area (Å²) in [6.07, 6.45) is 0.768. The van der Waals surface area contributed by atoms with Crippen molar-refractivity contribution in [2.24, 2.45) is 0 Å². The second-order valence-electron chi connectivity index (χ2n) is 8.21. The molecular weight excluding hydrogens is 436 g/mol. The molecule has 0 unspecified atom stereocenters. The summed E-state index contributed by atoms with van der Waals surface area (Å²) in [5, 5.41) is 2.89. The van der Waals surface area contributed by atoms with E-state index in [0.717, 1.165) is 16.9 Å². The Morgan fingerprint density at radius 2 is 1.64 bits per heavy atom. The first-order valence-corrected chi connectivity index (χ1v) is 12.4. The number of para-hydroxylation sites is 1. The zero-order chi connectivity index (χ0) is 24.0. The van der Waals surface area contributed by atoms with Crippen LogP contribution in [0.5, 0.6) is 5.75 Å². The predicted octanol–water partition coefficient (Wildman–Crippen LogP) is 4.86. The average Bonchev–Trinajstić information content (AvgIpc) is 2.76. The molecule has 0 radical (unpaired) electrons. The second kappa shape index (κ2) is 10.5. The number of hydrogen-bond donors (Lipinski definition) is 2. The fraction of sp³-hybridized carbons (Fsp3) is 0.269. The van der Waals surface area contributed by atoms with Gasteiger partial charge in [0, 0.05) is 12.1 Å². The summed E-state index contributed by atoms with van der Waals surface area (Å²) < 4.78 is 34.0. The number of carbonyl (C=O) groups is 1. The SMILES string of the molecule is Cc1ccccc1NS(=O)(=O)c1ccc(C)c(C(=O)NCCc2ccc(OC(C)C)cc2)c1. The molecule has 3 aromatic rings. The zero-order valence-electron chi connectivity index (χ0n) is 19.4. The molecule has 0 fully saturated rings. The van der Waals surface area contributed by atoms with Gasteiger partial charge in [-0.25, -0.2) is 8.42 Å². The molecule has 2 N–H and O–H groups in total. The van der Waals surface area contributed by atoms with Crippen molar-refractivity contribution in [1.29, 1.82) is 0 Å². The van der Waals surface area contributed by atoms with Crippen LogP contribution >= 0.6 is 0 Å². The Morgan fingerprint density at radius 1 is 0.939 bits per heavy atom. The van der Waals surface area contributed by atoms with Crippen molar-refractivity contribution in [3.05, 3.63) is 89.0 Å². The maximum absolute atomic E-state index is 12.9. The van der Waals surface area contributed by atoms with Crippen LogP contribution in [0.25, 0.3) is 0 Å². The minimum Gasteiger partial charge on any atom is -0.491 e. The van der Waals surface area contributed by atoms with Crippen molar-refractivity contribution in [3.63, 3.8) is 0 Å². The van der Waals surface area contributed by atoms with Gasteiger partial charge in [0.15, 0.2) is 0 Å². The lowest BCUT2D eigenvalue weighted by atomic mass is 10.1. The maximum atomic E-state index is 12.9. The number of amides is 1. The Hall–Kier alpha value is -3.32. The summed E-state index contributed by atoms with van der Waals surface area (Å²) in [4.78, 5) is 12.8. The molecule has 3 rings (SSSR count). The van der Waals surface area contributed by atoms with E-state index in [2.05, 4.69) is 10.0 Å². The second-order valence-corrected chi connectivity index (χ2v) is 9.90. The van der Waals surface area contributed by atoms with Gasteiger partial charge in [0.1, 0.15) is 5.75 Å². The van der Waals surface area contributed by atoms with Crippen molar-refractivity contribution in [1.82, 2.24) is 5.32 Å². The first-order valence-electron chi connectivity index (χ1n) is 10.9. The van der Waals surface area contributed by atoms with Crippen molar-refractivity contribution in [2.75, 3.05) is 11.3 Å².